The average molecular weight is 309 g/mol. The molecule has 2 aromatic carbocycles. The molecule has 0 spiro atoms. The Morgan fingerprint density at radius 3 is 2.35 bits per heavy atom. The molecule has 0 saturated carbocycles. The summed E-state index contributed by atoms with van der Waals surface area (Å²) in [5, 5.41) is 7.42. The molecule has 3 rings (SSSR count). The lowest BCUT2D eigenvalue weighted by molar-refractivity contribution is -0.129. The minimum atomic E-state index is -0.0367. The Morgan fingerprint density at radius 2 is 1.74 bits per heavy atom. The quantitative estimate of drug-likeness (QED) is 0.937. The Kier molecular flexibility index (Phi) is 4.24. The van der Waals surface area contributed by atoms with E-state index in [1.165, 1.54) is 5.56 Å². The number of carbonyl (C=O) groups is 1. The Labute approximate surface area is 137 Å². The number of carbonyl (C=O) groups excluding carboxylic acids is 1. The topological polar surface area (TPSA) is 35.6 Å². The number of nitrogens with one attached hydrogen (secondary N) is 1. The van der Waals surface area contributed by atoms with Gasteiger partial charge in [0.05, 0.1) is 11.7 Å². The zero-order valence-electron chi connectivity index (χ0n) is 13.9. The maximum absolute atomic E-state index is 12.3. The van der Waals surface area contributed by atoms with Gasteiger partial charge in [-0.05, 0) is 38.1 Å². The normalized spacial score (nSPS) is 20.7. The predicted octanol–water partition coefficient (Wildman–Crippen LogP) is 3.80. The predicted molar refractivity (Wildman–Crippen MR) is 94.1 cm³/mol. The smallest absolute Gasteiger partial charge is 0.239 e. The Balaban J connectivity index is 1.86. The van der Waals surface area contributed by atoms with Crippen LogP contribution in [0.5, 0.6) is 0 Å². The number of hydrogen-bond acceptors (Lipinski definition) is 3. The van der Waals surface area contributed by atoms with E-state index in [9.17, 15) is 4.79 Å². The third kappa shape index (κ3) is 3.16. The highest BCUT2D eigenvalue weighted by Crippen LogP contribution is 2.31. The fourth-order valence-electron chi connectivity index (χ4n) is 3.18. The minimum Gasteiger partial charge on any atom is -0.364 e. The summed E-state index contributed by atoms with van der Waals surface area (Å²) >= 11 is 0. The van der Waals surface area contributed by atoms with Crippen molar-refractivity contribution in [1.82, 2.24) is 5.01 Å². The number of amides is 1. The molecule has 1 amide bonds. The van der Waals surface area contributed by atoms with E-state index in [4.69, 9.17) is 0 Å². The lowest BCUT2D eigenvalue weighted by Gasteiger charge is -2.35. The molecule has 4 nitrogen and oxygen atoms in total. The van der Waals surface area contributed by atoms with E-state index in [2.05, 4.69) is 48.4 Å². The molecule has 0 aliphatic carbocycles. The fourth-order valence-corrected chi connectivity index (χ4v) is 3.18. The molecule has 2 aromatic rings. The van der Waals surface area contributed by atoms with E-state index in [1.807, 2.05) is 35.3 Å². The number of rotatable bonds is 3. The molecule has 120 valence electrons. The Hall–Kier alpha value is -2.49. The number of hydrazine groups is 1. The van der Waals surface area contributed by atoms with Crippen molar-refractivity contribution in [3.8, 4) is 0 Å². The SMILES string of the molecule is CC(=O)N1[C@H](Nc2ccc(C)cc2)C[C@@H](C)N1c1ccccc1. The molecule has 1 N–H and O–H groups in total. The van der Waals surface area contributed by atoms with Gasteiger partial charge in [-0.25, -0.2) is 5.01 Å². The van der Waals surface area contributed by atoms with Crippen LogP contribution in [0.2, 0.25) is 0 Å². The highest BCUT2D eigenvalue weighted by molar-refractivity contribution is 5.77. The van der Waals surface area contributed by atoms with E-state index in [1.54, 1.807) is 6.92 Å². The minimum absolute atomic E-state index is 0.0367. The highest BCUT2D eigenvalue weighted by atomic mass is 16.2. The zero-order chi connectivity index (χ0) is 16.4. The second-order valence-electron chi connectivity index (χ2n) is 6.15. The van der Waals surface area contributed by atoms with Crippen molar-refractivity contribution in [3.05, 3.63) is 60.2 Å². The summed E-state index contributed by atoms with van der Waals surface area (Å²) in [5.41, 5.74) is 3.31. The number of hydrogen-bond donors (Lipinski definition) is 1. The maximum atomic E-state index is 12.3. The summed E-state index contributed by atoms with van der Waals surface area (Å²) in [7, 11) is 0. The Morgan fingerprint density at radius 1 is 1.09 bits per heavy atom. The van der Waals surface area contributed by atoms with Crippen molar-refractivity contribution in [1.29, 1.82) is 0 Å². The van der Waals surface area contributed by atoms with Gasteiger partial charge < -0.3 is 5.32 Å². The van der Waals surface area contributed by atoms with Crippen LogP contribution in [0.15, 0.2) is 54.6 Å². The van der Waals surface area contributed by atoms with Crippen molar-refractivity contribution in [2.75, 3.05) is 10.3 Å². The van der Waals surface area contributed by atoms with E-state index in [0.717, 1.165) is 17.8 Å². The van der Waals surface area contributed by atoms with Crippen LogP contribution in [0.1, 0.15) is 25.8 Å². The molecule has 23 heavy (non-hydrogen) atoms. The average Bonchev–Trinajstić information content (AvgIpc) is 2.87. The largest absolute Gasteiger partial charge is 0.364 e. The van der Waals surface area contributed by atoms with Crippen LogP contribution in [-0.2, 0) is 4.79 Å². The maximum Gasteiger partial charge on any atom is 0.239 e. The van der Waals surface area contributed by atoms with Crippen LogP contribution in [0.3, 0.4) is 0 Å². The van der Waals surface area contributed by atoms with Gasteiger partial charge in [0.25, 0.3) is 0 Å². The van der Waals surface area contributed by atoms with Crippen LogP contribution in [0.4, 0.5) is 11.4 Å². The van der Waals surface area contributed by atoms with Crippen molar-refractivity contribution < 1.29 is 4.79 Å². The van der Waals surface area contributed by atoms with Gasteiger partial charge in [0.1, 0.15) is 6.17 Å². The van der Waals surface area contributed by atoms with Crippen LogP contribution in [0, 0.1) is 6.92 Å². The number of benzene rings is 2. The summed E-state index contributed by atoms with van der Waals surface area (Å²) in [6.07, 6.45) is 0.841. The second-order valence-corrected chi connectivity index (χ2v) is 6.15. The fraction of sp³-hybridized carbons (Fsp3) is 0.316. The molecular formula is C19H23N3O. The molecule has 0 aromatic heterocycles. The van der Waals surface area contributed by atoms with E-state index < -0.39 is 0 Å². The Bertz CT molecular complexity index is 669. The van der Waals surface area contributed by atoms with Gasteiger partial charge >= 0.3 is 0 Å². The van der Waals surface area contributed by atoms with Gasteiger partial charge in [0.15, 0.2) is 0 Å². The summed E-state index contributed by atoms with van der Waals surface area (Å²) < 4.78 is 0. The number of anilines is 2. The lowest BCUT2D eigenvalue weighted by atomic mass is 10.2. The van der Waals surface area contributed by atoms with E-state index in [0.29, 0.717) is 0 Å². The summed E-state index contributed by atoms with van der Waals surface area (Å²) in [6, 6.07) is 18.6. The molecule has 1 saturated heterocycles. The summed E-state index contributed by atoms with van der Waals surface area (Å²) in [4.78, 5) is 12.3. The van der Waals surface area contributed by atoms with Crippen molar-refractivity contribution in [2.24, 2.45) is 0 Å². The third-order valence-electron chi connectivity index (χ3n) is 4.24. The van der Waals surface area contributed by atoms with Crippen molar-refractivity contribution in [2.45, 2.75) is 39.4 Å². The van der Waals surface area contributed by atoms with Crippen molar-refractivity contribution >= 4 is 17.3 Å². The molecule has 1 aliphatic rings. The summed E-state index contributed by atoms with van der Waals surface area (Å²) in [5.74, 6) is 0.0443. The molecule has 1 heterocycles. The standard InChI is InChI=1S/C19H23N3O/c1-14-9-11-17(12-10-14)20-19-13-15(2)21(22(19)16(3)23)18-7-5-4-6-8-18/h4-12,15,19-20H,13H2,1-3H3/t15-,19+/m1/s1. The van der Waals surface area contributed by atoms with E-state index >= 15 is 0 Å². The van der Waals surface area contributed by atoms with Gasteiger partial charge in [-0.15, -0.1) is 0 Å². The van der Waals surface area contributed by atoms with Gasteiger partial charge in [-0.1, -0.05) is 35.9 Å². The van der Waals surface area contributed by atoms with E-state index in [-0.39, 0.29) is 18.1 Å². The van der Waals surface area contributed by atoms with Gasteiger partial charge in [0.2, 0.25) is 5.91 Å². The monoisotopic (exact) mass is 309 g/mol. The number of nitrogens with zero attached hydrogens (tertiary/aromatic N) is 2. The molecule has 4 heteroatoms. The van der Waals surface area contributed by atoms with Crippen LogP contribution < -0.4 is 10.3 Å². The van der Waals surface area contributed by atoms with Gasteiger partial charge in [-0.3, -0.25) is 9.80 Å². The molecule has 1 aliphatic heterocycles. The first kappa shape index (κ1) is 15.4. The lowest BCUT2D eigenvalue weighted by Crippen LogP contribution is -2.48. The second kappa shape index (κ2) is 6.32. The summed E-state index contributed by atoms with van der Waals surface area (Å²) in [6.45, 7) is 5.85. The molecule has 0 radical (unpaired) electrons. The molecule has 1 fully saturated rings. The first-order valence-electron chi connectivity index (χ1n) is 8.03. The van der Waals surface area contributed by atoms with Crippen molar-refractivity contribution in [3.63, 3.8) is 0 Å². The van der Waals surface area contributed by atoms with Crippen LogP contribution >= 0.6 is 0 Å². The van der Waals surface area contributed by atoms with Crippen LogP contribution in [-0.4, -0.2) is 23.1 Å². The first-order chi connectivity index (χ1) is 11.1. The molecule has 0 bridgehead atoms. The molecular weight excluding hydrogens is 286 g/mol. The first-order valence-corrected chi connectivity index (χ1v) is 8.03. The highest BCUT2D eigenvalue weighted by Gasteiger charge is 2.38. The number of para-hydroxylation sites is 1. The molecule has 2 atom stereocenters. The zero-order valence-corrected chi connectivity index (χ0v) is 13.9. The van der Waals surface area contributed by atoms with Crippen LogP contribution in [0.25, 0.3) is 0 Å². The van der Waals surface area contributed by atoms with Gasteiger partial charge in [0, 0.05) is 19.0 Å². The third-order valence-corrected chi connectivity index (χ3v) is 4.24. The molecule has 0 unspecified atom stereocenters. The number of aryl methyl sites for hydroxylation is 1. The van der Waals surface area contributed by atoms with Gasteiger partial charge in [-0.2, -0.15) is 0 Å².